The minimum absolute atomic E-state index is 0.828. The first kappa shape index (κ1) is 11.0. The normalized spacial score (nSPS) is 28.8. The summed E-state index contributed by atoms with van der Waals surface area (Å²) in [7, 11) is 2.22. The molecule has 92 valence electrons. The van der Waals surface area contributed by atoms with Crippen molar-refractivity contribution >= 4 is 5.82 Å². The fraction of sp³-hybridized carbons (Fsp3) is 0.692. The van der Waals surface area contributed by atoms with Crippen LogP contribution in [0.5, 0.6) is 0 Å². The Labute approximate surface area is 103 Å². The molecule has 2 fully saturated rings. The van der Waals surface area contributed by atoms with Gasteiger partial charge in [-0.05, 0) is 32.7 Å². The molecule has 2 aliphatic heterocycles. The predicted octanol–water partition coefficient (Wildman–Crippen LogP) is 1.09. The lowest BCUT2D eigenvalue weighted by molar-refractivity contribution is 0.387. The van der Waals surface area contributed by atoms with Crippen LogP contribution < -0.4 is 4.90 Å². The Morgan fingerprint density at radius 3 is 2.35 bits per heavy atom. The molecule has 0 radical (unpaired) electrons. The van der Waals surface area contributed by atoms with Gasteiger partial charge in [-0.2, -0.15) is 0 Å². The maximum absolute atomic E-state index is 4.47. The topological polar surface area (TPSA) is 32.3 Å². The Bertz CT molecular complexity index is 417. The zero-order chi connectivity index (χ0) is 12.0. The molecule has 0 saturated carbocycles. The van der Waals surface area contributed by atoms with Crippen LogP contribution in [0.2, 0.25) is 0 Å². The second-order valence-electron chi connectivity index (χ2n) is 5.55. The van der Waals surface area contributed by atoms with E-state index in [9.17, 15) is 0 Å². The first-order chi connectivity index (χ1) is 8.15. The van der Waals surface area contributed by atoms with Gasteiger partial charge in [0.05, 0.1) is 0 Å². The molecule has 4 heteroatoms. The number of likely N-dealkylation sites (tertiary alicyclic amines) is 1. The molecule has 2 unspecified atom stereocenters. The van der Waals surface area contributed by atoms with Crippen LogP contribution >= 0.6 is 0 Å². The Hall–Kier alpha value is -1.16. The van der Waals surface area contributed by atoms with E-state index in [1.165, 1.54) is 18.7 Å². The third-order valence-electron chi connectivity index (χ3n) is 4.28. The van der Waals surface area contributed by atoms with Crippen molar-refractivity contribution in [2.24, 2.45) is 11.8 Å². The van der Waals surface area contributed by atoms with Crippen molar-refractivity contribution in [2.45, 2.75) is 13.8 Å². The van der Waals surface area contributed by atoms with Crippen LogP contribution in [0.4, 0.5) is 5.82 Å². The van der Waals surface area contributed by atoms with E-state index in [4.69, 9.17) is 0 Å². The zero-order valence-corrected chi connectivity index (χ0v) is 10.8. The van der Waals surface area contributed by atoms with Gasteiger partial charge in [-0.3, -0.25) is 0 Å². The molecule has 2 atom stereocenters. The fourth-order valence-electron chi connectivity index (χ4n) is 3.25. The molecule has 2 aliphatic rings. The summed E-state index contributed by atoms with van der Waals surface area (Å²) in [5.41, 5.74) is 2.34. The number of hydrogen-bond acceptors (Lipinski definition) is 4. The van der Waals surface area contributed by atoms with Crippen molar-refractivity contribution in [3.63, 3.8) is 0 Å². The number of fused-ring (bicyclic) bond motifs is 1. The maximum Gasteiger partial charge on any atom is 0.135 e. The largest absolute Gasteiger partial charge is 0.356 e. The SMILES string of the molecule is Cc1ncnc(N2CC3CN(C)CC3C2)c1C. The van der Waals surface area contributed by atoms with Crippen LogP contribution in [0, 0.1) is 25.7 Å². The Balaban J connectivity index is 1.82. The highest BCUT2D eigenvalue weighted by molar-refractivity contribution is 5.48. The van der Waals surface area contributed by atoms with Crippen LogP contribution in [-0.2, 0) is 0 Å². The molecule has 1 aromatic heterocycles. The van der Waals surface area contributed by atoms with Gasteiger partial charge in [0.2, 0.25) is 0 Å². The van der Waals surface area contributed by atoms with Crippen LogP contribution in [-0.4, -0.2) is 48.1 Å². The second-order valence-corrected chi connectivity index (χ2v) is 5.55. The molecule has 0 aliphatic carbocycles. The van der Waals surface area contributed by atoms with E-state index in [1.807, 2.05) is 0 Å². The molecule has 0 bridgehead atoms. The molecular formula is C13H20N4. The van der Waals surface area contributed by atoms with Gasteiger partial charge in [-0.1, -0.05) is 0 Å². The molecule has 0 aromatic carbocycles. The molecular weight excluding hydrogens is 212 g/mol. The summed E-state index contributed by atoms with van der Waals surface area (Å²) in [4.78, 5) is 13.6. The molecule has 1 aromatic rings. The van der Waals surface area contributed by atoms with Gasteiger partial charge in [-0.25, -0.2) is 9.97 Å². The fourth-order valence-corrected chi connectivity index (χ4v) is 3.25. The van der Waals surface area contributed by atoms with Crippen molar-refractivity contribution in [3.8, 4) is 0 Å². The van der Waals surface area contributed by atoms with Gasteiger partial charge >= 0.3 is 0 Å². The first-order valence-electron chi connectivity index (χ1n) is 6.37. The molecule has 4 nitrogen and oxygen atoms in total. The second kappa shape index (κ2) is 3.95. The van der Waals surface area contributed by atoms with E-state index in [2.05, 4.69) is 40.7 Å². The number of rotatable bonds is 1. The van der Waals surface area contributed by atoms with Crippen LogP contribution in [0.3, 0.4) is 0 Å². The summed E-state index contributed by atoms with van der Waals surface area (Å²) >= 11 is 0. The van der Waals surface area contributed by atoms with E-state index in [0.29, 0.717) is 0 Å². The van der Waals surface area contributed by atoms with Crippen molar-refractivity contribution < 1.29 is 0 Å². The smallest absolute Gasteiger partial charge is 0.135 e. The average Bonchev–Trinajstić information content (AvgIpc) is 2.79. The van der Waals surface area contributed by atoms with E-state index >= 15 is 0 Å². The van der Waals surface area contributed by atoms with E-state index < -0.39 is 0 Å². The zero-order valence-electron chi connectivity index (χ0n) is 10.8. The summed E-state index contributed by atoms with van der Waals surface area (Å²) < 4.78 is 0. The monoisotopic (exact) mass is 232 g/mol. The van der Waals surface area contributed by atoms with Crippen molar-refractivity contribution in [1.82, 2.24) is 14.9 Å². The molecule has 0 amide bonds. The van der Waals surface area contributed by atoms with Crippen molar-refractivity contribution in [3.05, 3.63) is 17.6 Å². The highest BCUT2D eigenvalue weighted by Gasteiger charge is 2.39. The number of aryl methyl sites for hydroxylation is 1. The Morgan fingerprint density at radius 2 is 1.71 bits per heavy atom. The molecule has 3 rings (SSSR count). The average molecular weight is 232 g/mol. The highest BCUT2D eigenvalue weighted by Crippen LogP contribution is 2.33. The van der Waals surface area contributed by atoms with Gasteiger partial charge in [0.25, 0.3) is 0 Å². The van der Waals surface area contributed by atoms with E-state index in [-0.39, 0.29) is 0 Å². The predicted molar refractivity (Wildman–Crippen MR) is 68.2 cm³/mol. The van der Waals surface area contributed by atoms with Crippen molar-refractivity contribution in [1.29, 1.82) is 0 Å². The molecule has 2 saturated heterocycles. The maximum atomic E-state index is 4.47. The van der Waals surface area contributed by atoms with Crippen molar-refractivity contribution in [2.75, 3.05) is 38.1 Å². The Kier molecular flexibility index (Phi) is 2.54. The lowest BCUT2D eigenvalue weighted by Gasteiger charge is -2.22. The van der Waals surface area contributed by atoms with Crippen LogP contribution in [0.1, 0.15) is 11.3 Å². The summed E-state index contributed by atoms with van der Waals surface area (Å²) in [5.74, 6) is 2.80. The lowest BCUT2D eigenvalue weighted by Crippen LogP contribution is -2.28. The van der Waals surface area contributed by atoms with Crippen LogP contribution in [0.15, 0.2) is 6.33 Å². The van der Waals surface area contributed by atoms with E-state index in [0.717, 1.165) is 36.4 Å². The first-order valence-corrected chi connectivity index (χ1v) is 6.37. The molecule has 3 heterocycles. The van der Waals surface area contributed by atoms with E-state index in [1.54, 1.807) is 6.33 Å². The third-order valence-corrected chi connectivity index (χ3v) is 4.28. The third kappa shape index (κ3) is 1.80. The Morgan fingerprint density at radius 1 is 1.06 bits per heavy atom. The van der Waals surface area contributed by atoms with Crippen LogP contribution in [0.25, 0.3) is 0 Å². The van der Waals surface area contributed by atoms with Gasteiger partial charge in [0.15, 0.2) is 0 Å². The summed E-state index contributed by atoms with van der Waals surface area (Å²) in [6, 6.07) is 0. The number of nitrogens with zero attached hydrogens (tertiary/aromatic N) is 4. The van der Waals surface area contributed by atoms with Gasteiger partial charge in [-0.15, -0.1) is 0 Å². The lowest BCUT2D eigenvalue weighted by atomic mass is 10.0. The number of hydrogen-bond donors (Lipinski definition) is 0. The quantitative estimate of drug-likeness (QED) is 0.725. The number of aromatic nitrogens is 2. The summed E-state index contributed by atoms with van der Waals surface area (Å²) in [6.45, 7) is 8.99. The minimum atomic E-state index is 0.828. The molecule has 17 heavy (non-hydrogen) atoms. The molecule has 0 N–H and O–H groups in total. The van der Waals surface area contributed by atoms with Gasteiger partial charge in [0, 0.05) is 37.4 Å². The number of anilines is 1. The minimum Gasteiger partial charge on any atom is -0.356 e. The highest BCUT2D eigenvalue weighted by atomic mass is 15.3. The summed E-state index contributed by atoms with van der Waals surface area (Å²) in [5, 5.41) is 0. The standard InChI is InChI=1S/C13H20N4/c1-9-10(2)14-8-15-13(9)17-6-11-4-16(3)5-12(11)7-17/h8,11-12H,4-7H2,1-3H3. The molecule has 0 spiro atoms. The summed E-state index contributed by atoms with van der Waals surface area (Å²) in [6.07, 6.45) is 1.69. The van der Waals surface area contributed by atoms with Gasteiger partial charge < -0.3 is 9.80 Å². The van der Waals surface area contributed by atoms with Gasteiger partial charge in [0.1, 0.15) is 12.1 Å².